The Morgan fingerprint density at radius 3 is 2.18 bits per heavy atom. The molecule has 1 aromatic heterocycles. The third-order valence-corrected chi connectivity index (χ3v) is 9.46. The number of fused-ring (bicyclic) bond motifs is 1. The summed E-state index contributed by atoms with van der Waals surface area (Å²) < 4.78 is 10.8. The van der Waals surface area contributed by atoms with Crippen LogP contribution < -0.4 is 10.1 Å². The Hall–Kier alpha value is -3.53. The number of nitrogens with zero attached hydrogens (tertiary/aromatic N) is 4. The van der Waals surface area contributed by atoms with Crippen molar-refractivity contribution in [3.05, 3.63) is 52.8 Å². The van der Waals surface area contributed by atoms with Crippen LogP contribution in [0.15, 0.2) is 30.3 Å². The maximum absolute atomic E-state index is 13.6. The summed E-state index contributed by atoms with van der Waals surface area (Å²) in [5.74, 6) is 0.680. The number of hydrogen-bond donors (Lipinski definition) is 1. The van der Waals surface area contributed by atoms with Gasteiger partial charge in [0.15, 0.2) is 6.10 Å². The fourth-order valence-corrected chi connectivity index (χ4v) is 7.10. The molecule has 4 unspecified atom stereocenters. The molecule has 2 amide bonds. The van der Waals surface area contributed by atoms with Crippen LogP contribution in [0.3, 0.4) is 0 Å². The Labute approximate surface area is 260 Å². The molecule has 1 N–H and O–H groups in total. The summed E-state index contributed by atoms with van der Waals surface area (Å²) in [6.45, 7) is 11.6. The SMILES string of the molecule is CCOC(=O)C(CC)Oc1nc(C)c(C(=O)N2CC3CN(CCC(NC(=O)C4CCCC4)c4ccccc4)CC3C2)c(C)n1. The molecular weight excluding hydrogens is 558 g/mol. The van der Waals surface area contributed by atoms with Crippen LogP contribution >= 0.6 is 0 Å². The zero-order valence-electron chi connectivity index (χ0n) is 26.6. The minimum absolute atomic E-state index is 0.00520. The normalized spacial score (nSPS) is 21.6. The lowest BCUT2D eigenvalue weighted by Crippen LogP contribution is -2.37. The highest BCUT2D eigenvalue weighted by Gasteiger charge is 2.42. The molecule has 238 valence electrons. The quantitative estimate of drug-likeness (QED) is 0.357. The largest absolute Gasteiger partial charge is 0.463 e. The summed E-state index contributed by atoms with van der Waals surface area (Å²) in [5, 5.41) is 3.37. The molecule has 1 saturated carbocycles. The number of hydrogen-bond acceptors (Lipinski definition) is 8. The van der Waals surface area contributed by atoms with Gasteiger partial charge in [-0.15, -0.1) is 0 Å². The minimum Gasteiger partial charge on any atom is -0.463 e. The molecule has 10 heteroatoms. The Bertz CT molecular complexity index is 1280. The molecule has 0 spiro atoms. The number of amides is 2. The van der Waals surface area contributed by atoms with Crippen LogP contribution in [0.4, 0.5) is 0 Å². The Morgan fingerprint density at radius 2 is 1.59 bits per heavy atom. The Morgan fingerprint density at radius 1 is 0.955 bits per heavy atom. The Balaban J connectivity index is 1.16. The van der Waals surface area contributed by atoms with E-state index in [-0.39, 0.29) is 36.4 Å². The number of carbonyl (C=O) groups excluding carboxylic acids is 3. The second-order valence-electron chi connectivity index (χ2n) is 12.6. The number of ether oxygens (including phenoxy) is 2. The van der Waals surface area contributed by atoms with Crippen molar-refractivity contribution in [2.24, 2.45) is 17.8 Å². The molecule has 4 atom stereocenters. The molecule has 10 nitrogen and oxygen atoms in total. The van der Waals surface area contributed by atoms with Crippen molar-refractivity contribution in [3.8, 4) is 6.01 Å². The van der Waals surface area contributed by atoms with Gasteiger partial charge in [-0.1, -0.05) is 50.1 Å². The lowest BCUT2D eigenvalue weighted by atomic mass is 10.0. The Kier molecular flexibility index (Phi) is 10.5. The number of carbonyl (C=O) groups is 3. The van der Waals surface area contributed by atoms with Gasteiger partial charge in [0, 0.05) is 38.6 Å². The van der Waals surface area contributed by atoms with E-state index in [0.29, 0.717) is 48.3 Å². The van der Waals surface area contributed by atoms with Crippen molar-refractivity contribution < 1.29 is 23.9 Å². The van der Waals surface area contributed by atoms with E-state index in [1.165, 1.54) is 0 Å². The number of nitrogens with one attached hydrogen (secondary N) is 1. The van der Waals surface area contributed by atoms with Gasteiger partial charge in [-0.05, 0) is 63.9 Å². The number of aromatic nitrogens is 2. The number of esters is 1. The van der Waals surface area contributed by atoms with Crippen molar-refractivity contribution in [2.75, 3.05) is 39.3 Å². The van der Waals surface area contributed by atoms with E-state index in [4.69, 9.17) is 9.47 Å². The maximum Gasteiger partial charge on any atom is 0.347 e. The van der Waals surface area contributed by atoms with Crippen LogP contribution in [-0.2, 0) is 14.3 Å². The topological polar surface area (TPSA) is 114 Å². The van der Waals surface area contributed by atoms with Gasteiger partial charge >= 0.3 is 12.0 Å². The van der Waals surface area contributed by atoms with Gasteiger partial charge < -0.3 is 24.6 Å². The number of likely N-dealkylation sites (tertiary alicyclic amines) is 2. The van der Waals surface area contributed by atoms with Crippen LogP contribution in [0.1, 0.15) is 85.7 Å². The third-order valence-electron chi connectivity index (χ3n) is 9.46. The molecule has 2 aliphatic heterocycles. The predicted molar refractivity (Wildman–Crippen MR) is 166 cm³/mol. The lowest BCUT2D eigenvalue weighted by molar-refractivity contribution is -0.151. The molecule has 3 aliphatic rings. The molecule has 0 bridgehead atoms. The highest BCUT2D eigenvalue weighted by Crippen LogP contribution is 2.33. The minimum atomic E-state index is -0.789. The van der Waals surface area contributed by atoms with Gasteiger partial charge in [-0.3, -0.25) is 9.59 Å². The van der Waals surface area contributed by atoms with Gasteiger partial charge in [0.05, 0.1) is 29.6 Å². The first kappa shape index (κ1) is 31.9. The summed E-state index contributed by atoms with van der Waals surface area (Å²) in [7, 11) is 0. The van der Waals surface area contributed by atoms with Gasteiger partial charge in [-0.2, -0.15) is 9.97 Å². The monoisotopic (exact) mass is 605 g/mol. The zero-order valence-corrected chi connectivity index (χ0v) is 26.6. The fraction of sp³-hybridized carbons (Fsp3) is 0.618. The van der Waals surface area contributed by atoms with Crippen LogP contribution in [0.25, 0.3) is 0 Å². The number of rotatable bonds is 12. The summed E-state index contributed by atoms with van der Waals surface area (Å²) in [6.07, 6.45) is 4.79. The van der Waals surface area contributed by atoms with E-state index in [1.807, 2.05) is 30.0 Å². The standard InChI is InChI=1S/C34H47N5O5/c1-5-29(33(42)43-6-2)44-34-35-22(3)30(23(4)36-34)32(41)39-20-26-18-38(19-27(26)21-39)17-16-28(24-12-8-7-9-13-24)37-31(40)25-14-10-11-15-25/h7-9,12-13,25-29H,5-6,10-11,14-21H2,1-4H3,(H,37,40). The first-order valence-electron chi connectivity index (χ1n) is 16.3. The van der Waals surface area contributed by atoms with Crippen molar-refractivity contribution in [3.63, 3.8) is 0 Å². The van der Waals surface area contributed by atoms with Gasteiger partial charge in [0.25, 0.3) is 5.91 Å². The van der Waals surface area contributed by atoms with Crippen LogP contribution in [0, 0.1) is 31.6 Å². The first-order chi connectivity index (χ1) is 21.3. The molecule has 2 saturated heterocycles. The van der Waals surface area contributed by atoms with E-state index in [0.717, 1.165) is 57.3 Å². The molecule has 0 radical (unpaired) electrons. The maximum atomic E-state index is 13.6. The van der Waals surface area contributed by atoms with E-state index < -0.39 is 12.1 Å². The van der Waals surface area contributed by atoms with E-state index >= 15 is 0 Å². The summed E-state index contributed by atoms with van der Waals surface area (Å²) in [4.78, 5) is 52.1. The molecular formula is C34H47N5O5. The smallest absolute Gasteiger partial charge is 0.347 e. The van der Waals surface area contributed by atoms with Crippen molar-refractivity contribution in [1.29, 1.82) is 0 Å². The summed E-state index contributed by atoms with van der Waals surface area (Å²) >= 11 is 0. The van der Waals surface area contributed by atoms with Gasteiger partial charge in [0.2, 0.25) is 5.91 Å². The number of aryl methyl sites for hydroxylation is 2. The van der Waals surface area contributed by atoms with Gasteiger partial charge in [-0.25, -0.2) is 4.79 Å². The van der Waals surface area contributed by atoms with Crippen LogP contribution in [0.5, 0.6) is 6.01 Å². The molecule has 1 aliphatic carbocycles. The van der Waals surface area contributed by atoms with Gasteiger partial charge in [0.1, 0.15) is 0 Å². The highest BCUT2D eigenvalue weighted by molar-refractivity contribution is 5.96. The second kappa shape index (κ2) is 14.5. The lowest BCUT2D eigenvalue weighted by Gasteiger charge is -2.26. The fourth-order valence-electron chi connectivity index (χ4n) is 7.10. The highest BCUT2D eigenvalue weighted by atomic mass is 16.6. The third kappa shape index (κ3) is 7.39. The van der Waals surface area contributed by atoms with Crippen molar-refractivity contribution in [2.45, 2.75) is 78.4 Å². The molecule has 5 rings (SSSR count). The first-order valence-corrected chi connectivity index (χ1v) is 16.3. The summed E-state index contributed by atoms with van der Waals surface area (Å²) in [6, 6.07) is 10.4. The summed E-state index contributed by atoms with van der Waals surface area (Å²) in [5.41, 5.74) is 2.75. The molecule has 1 aromatic carbocycles. The van der Waals surface area contributed by atoms with Crippen LogP contribution in [-0.4, -0.2) is 83.0 Å². The van der Waals surface area contributed by atoms with E-state index in [1.54, 1.807) is 20.8 Å². The van der Waals surface area contributed by atoms with E-state index in [2.05, 4.69) is 32.3 Å². The van der Waals surface area contributed by atoms with Crippen LogP contribution in [0.2, 0.25) is 0 Å². The molecule has 3 fully saturated rings. The molecule has 2 aromatic rings. The van der Waals surface area contributed by atoms with E-state index in [9.17, 15) is 14.4 Å². The second-order valence-corrected chi connectivity index (χ2v) is 12.6. The number of benzene rings is 1. The zero-order chi connectivity index (χ0) is 31.2. The van der Waals surface area contributed by atoms with Crippen molar-refractivity contribution in [1.82, 2.24) is 25.1 Å². The molecule has 44 heavy (non-hydrogen) atoms. The average molecular weight is 606 g/mol. The average Bonchev–Trinajstić information content (AvgIpc) is 3.76. The predicted octanol–water partition coefficient (Wildman–Crippen LogP) is 4.26. The molecule has 3 heterocycles. The van der Waals surface area contributed by atoms with Crippen molar-refractivity contribution >= 4 is 17.8 Å².